The van der Waals surface area contributed by atoms with Gasteiger partial charge in [0.25, 0.3) is 0 Å². The molecule has 0 saturated heterocycles. The molecule has 6 nitrogen and oxygen atoms in total. The number of nitrogens with two attached hydrogens (primary N) is 1. The van der Waals surface area contributed by atoms with Crippen molar-refractivity contribution in [3.8, 4) is 0 Å². The molecule has 0 aliphatic heterocycles. The van der Waals surface area contributed by atoms with Gasteiger partial charge in [0.2, 0.25) is 0 Å². The van der Waals surface area contributed by atoms with Crippen LogP contribution in [0.25, 0.3) is 0 Å². The lowest BCUT2D eigenvalue weighted by Crippen LogP contribution is -2.11. The van der Waals surface area contributed by atoms with Crippen LogP contribution in [0.2, 0.25) is 0 Å². The minimum Gasteiger partial charge on any atom is -0.462 e. The van der Waals surface area contributed by atoms with Crippen molar-refractivity contribution in [3.63, 3.8) is 0 Å². The van der Waals surface area contributed by atoms with E-state index >= 15 is 0 Å². The third kappa shape index (κ3) is 6.46. The highest BCUT2D eigenvalue weighted by molar-refractivity contribution is 5.92. The maximum absolute atomic E-state index is 11.7. The minimum atomic E-state index is -0.344. The first-order valence-corrected chi connectivity index (χ1v) is 7.06. The molecule has 0 aliphatic rings. The summed E-state index contributed by atoms with van der Waals surface area (Å²) in [7, 11) is 1.64. The molecular weight excluding hydrogens is 272 g/mol. The zero-order valence-corrected chi connectivity index (χ0v) is 12.7. The number of esters is 1. The third-order valence-corrected chi connectivity index (χ3v) is 2.78. The Bertz CT molecular complexity index is 438. The highest BCUT2D eigenvalue weighted by Gasteiger charge is 2.08. The van der Waals surface area contributed by atoms with Gasteiger partial charge in [-0.25, -0.2) is 4.79 Å². The fourth-order valence-corrected chi connectivity index (χ4v) is 1.69. The maximum atomic E-state index is 11.7. The molecule has 0 amide bonds. The van der Waals surface area contributed by atoms with E-state index in [2.05, 4.69) is 5.32 Å². The van der Waals surface area contributed by atoms with Gasteiger partial charge in [0.1, 0.15) is 0 Å². The molecule has 0 bridgehead atoms. The number of rotatable bonds is 10. The fraction of sp³-hybridized carbons (Fsp3) is 0.533. The Morgan fingerprint density at radius 2 is 2.10 bits per heavy atom. The first kappa shape index (κ1) is 17.3. The predicted molar refractivity (Wildman–Crippen MR) is 82.6 cm³/mol. The van der Waals surface area contributed by atoms with Gasteiger partial charge in [0.15, 0.2) is 0 Å². The number of anilines is 2. The zero-order chi connectivity index (χ0) is 15.5. The molecule has 3 N–H and O–H groups in total. The normalized spacial score (nSPS) is 10.4. The molecule has 0 heterocycles. The van der Waals surface area contributed by atoms with Crippen LogP contribution in [-0.2, 0) is 14.2 Å². The van der Waals surface area contributed by atoms with Crippen molar-refractivity contribution in [3.05, 3.63) is 23.8 Å². The SMILES string of the molecule is CCOC(=O)c1ccc(N)c(NCCCOCCOC)c1. The average Bonchev–Trinajstić information content (AvgIpc) is 2.48. The second-order valence-corrected chi connectivity index (χ2v) is 4.41. The predicted octanol–water partition coefficient (Wildman–Crippen LogP) is 1.91. The van der Waals surface area contributed by atoms with Gasteiger partial charge in [-0.2, -0.15) is 0 Å². The van der Waals surface area contributed by atoms with Crippen LogP contribution >= 0.6 is 0 Å². The minimum absolute atomic E-state index is 0.344. The second kappa shape index (κ2) is 10.0. The number of carbonyl (C=O) groups excluding carboxylic acids is 1. The van der Waals surface area contributed by atoms with E-state index in [0.29, 0.717) is 44.2 Å². The Hall–Kier alpha value is -1.79. The Morgan fingerprint density at radius 1 is 1.29 bits per heavy atom. The smallest absolute Gasteiger partial charge is 0.338 e. The average molecular weight is 296 g/mol. The van der Waals surface area contributed by atoms with E-state index in [1.54, 1.807) is 32.2 Å². The van der Waals surface area contributed by atoms with Crippen LogP contribution in [0.1, 0.15) is 23.7 Å². The van der Waals surface area contributed by atoms with E-state index < -0.39 is 0 Å². The summed E-state index contributed by atoms with van der Waals surface area (Å²) in [4.78, 5) is 11.7. The summed E-state index contributed by atoms with van der Waals surface area (Å²) in [5, 5.41) is 3.20. The Morgan fingerprint density at radius 3 is 2.81 bits per heavy atom. The monoisotopic (exact) mass is 296 g/mol. The van der Waals surface area contributed by atoms with Crippen LogP contribution in [0, 0.1) is 0 Å². The first-order chi connectivity index (χ1) is 10.2. The number of benzene rings is 1. The first-order valence-electron chi connectivity index (χ1n) is 7.06. The van der Waals surface area contributed by atoms with E-state index in [0.717, 1.165) is 12.1 Å². The van der Waals surface area contributed by atoms with Crippen LogP contribution in [0.3, 0.4) is 0 Å². The molecule has 0 unspecified atom stereocenters. The van der Waals surface area contributed by atoms with Gasteiger partial charge in [-0.3, -0.25) is 0 Å². The van der Waals surface area contributed by atoms with Crippen LogP contribution in [-0.4, -0.2) is 46.1 Å². The molecule has 21 heavy (non-hydrogen) atoms. The lowest BCUT2D eigenvalue weighted by atomic mass is 10.1. The summed E-state index contributed by atoms with van der Waals surface area (Å²) in [6, 6.07) is 5.06. The standard InChI is InChI=1S/C15H24N2O4/c1-3-21-15(18)12-5-6-13(16)14(11-12)17-7-4-8-20-10-9-19-2/h5-6,11,17H,3-4,7-10,16H2,1-2H3. The number of nitrogens with one attached hydrogen (secondary N) is 1. The Labute approximate surface area is 125 Å². The van der Waals surface area contributed by atoms with Gasteiger partial charge in [0.05, 0.1) is 36.8 Å². The molecule has 0 aliphatic carbocycles. The van der Waals surface area contributed by atoms with Gasteiger partial charge in [-0.1, -0.05) is 0 Å². The molecule has 0 radical (unpaired) electrons. The molecule has 1 rings (SSSR count). The molecule has 0 atom stereocenters. The number of hydrogen-bond donors (Lipinski definition) is 2. The van der Waals surface area contributed by atoms with Crippen molar-refractivity contribution >= 4 is 17.3 Å². The van der Waals surface area contributed by atoms with E-state index in [1.807, 2.05) is 0 Å². The fourth-order valence-electron chi connectivity index (χ4n) is 1.69. The summed E-state index contributed by atoms with van der Waals surface area (Å²) in [5.41, 5.74) is 7.71. The van der Waals surface area contributed by atoms with E-state index in [1.165, 1.54) is 0 Å². The zero-order valence-electron chi connectivity index (χ0n) is 12.7. The quantitative estimate of drug-likeness (QED) is 0.390. The Balaban J connectivity index is 2.40. The molecular formula is C15H24N2O4. The van der Waals surface area contributed by atoms with Gasteiger partial charge in [0, 0.05) is 20.3 Å². The van der Waals surface area contributed by atoms with Crippen molar-refractivity contribution in [1.82, 2.24) is 0 Å². The van der Waals surface area contributed by atoms with Crippen molar-refractivity contribution in [2.45, 2.75) is 13.3 Å². The number of ether oxygens (including phenoxy) is 3. The van der Waals surface area contributed by atoms with Crippen molar-refractivity contribution < 1.29 is 19.0 Å². The topological polar surface area (TPSA) is 82.8 Å². The molecule has 1 aromatic carbocycles. The van der Waals surface area contributed by atoms with E-state index in [4.69, 9.17) is 19.9 Å². The molecule has 6 heteroatoms. The Kier molecular flexibility index (Phi) is 8.23. The lowest BCUT2D eigenvalue weighted by molar-refractivity contribution is 0.0526. The number of carbonyl (C=O) groups is 1. The highest BCUT2D eigenvalue weighted by Crippen LogP contribution is 2.20. The van der Waals surface area contributed by atoms with Crippen LogP contribution in [0.15, 0.2) is 18.2 Å². The van der Waals surface area contributed by atoms with Crippen LogP contribution in [0.5, 0.6) is 0 Å². The third-order valence-electron chi connectivity index (χ3n) is 2.78. The molecule has 0 spiro atoms. The van der Waals surface area contributed by atoms with Crippen LogP contribution in [0.4, 0.5) is 11.4 Å². The summed E-state index contributed by atoms with van der Waals surface area (Å²) in [5.74, 6) is -0.344. The number of hydrogen-bond acceptors (Lipinski definition) is 6. The summed E-state index contributed by atoms with van der Waals surface area (Å²) in [6.07, 6.45) is 0.840. The highest BCUT2D eigenvalue weighted by atomic mass is 16.5. The van der Waals surface area contributed by atoms with E-state index in [9.17, 15) is 4.79 Å². The largest absolute Gasteiger partial charge is 0.462 e. The van der Waals surface area contributed by atoms with Crippen molar-refractivity contribution in [2.24, 2.45) is 0 Å². The summed E-state index contributed by atoms with van der Waals surface area (Å²) in [6.45, 7) is 4.68. The number of nitrogen functional groups attached to an aromatic ring is 1. The lowest BCUT2D eigenvalue weighted by Gasteiger charge is -2.11. The number of methoxy groups -OCH3 is 1. The molecule has 1 aromatic rings. The second-order valence-electron chi connectivity index (χ2n) is 4.41. The molecule has 118 valence electrons. The van der Waals surface area contributed by atoms with Gasteiger partial charge >= 0.3 is 5.97 Å². The van der Waals surface area contributed by atoms with Crippen molar-refractivity contribution in [2.75, 3.05) is 51.1 Å². The van der Waals surface area contributed by atoms with Gasteiger partial charge in [-0.05, 0) is 31.5 Å². The van der Waals surface area contributed by atoms with Gasteiger partial charge < -0.3 is 25.3 Å². The molecule has 0 aromatic heterocycles. The molecule has 0 saturated carbocycles. The van der Waals surface area contributed by atoms with E-state index in [-0.39, 0.29) is 5.97 Å². The maximum Gasteiger partial charge on any atom is 0.338 e. The molecule has 0 fully saturated rings. The van der Waals surface area contributed by atoms with Gasteiger partial charge in [-0.15, -0.1) is 0 Å². The summed E-state index contributed by atoms with van der Waals surface area (Å²) < 4.78 is 15.2. The van der Waals surface area contributed by atoms with Crippen molar-refractivity contribution in [1.29, 1.82) is 0 Å². The van der Waals surface area contributed by atoms with Crippen LogP contribution < -0.4 is 11.1 Å². The summed E-state index contributed by atoms with van der Waals surface area (Å²) >= 11 is 0.